The zero-order valence-electron chi connectivity index (χ0n) is 51.1. The number of carbonyl (C=O) groups excluding carboxylic acids is 4. The number of anilines is 1. The topological polar surface area (TPSA) is 249 Å². The number of carbonyl (C=O) groups is 4. The van der Waals surface area contributed by atoms with Crippen LogP contribution in [-0.2, 0) is 62.4 Å². The van der Waals surface area contributed by atoms with E-state index < -0.39 is 40.2 Å². The van der Waals surface area contributed by atoms with Gasteiger partial charge in [-0.2, -0.15) is 9.73 Å². The highest BCUT2D eigenvalue weighted by Gasteiger charge is 2.53. The fourth-order valence-electron chi connectivity index (χ4n) is 11.7. The quantitative estimate of drug-likeness (QED) is 0.0196. The molecule has 4 unspecified atom stereocenters. The normalized spacial score (nSPS) is 20.8. The van der Waals surface area contributed by atoms with E-state index in [0.29, 0.717) is 112 Å². The molecule has 3 N–H and O–H groups in total. The van der Waals surface area contributed by atoms with Gasteiger partial charge < -0.3 is 43.8 Å². The number of ether oxygens (including phenoxy) is 7. The number of nitrogens with one attached hydrogen (secondary N) is 3. The maximum Gasteiger partial charge on any atom is 0.314 e. The van der Waals surface area contributed by atoms with Crippen molar-refractivity contribution in [3.8, 4) is 5.00 Å². The number of amides is 2. The van der Waals surface area contributed by atoms with Crippen LogP contribution in [-0.4, -0.2) is 180 Å². The van der Waals surface area contributed by atoms with Crippen molar-refractivity contribution in [3.05, 3.63) is 86.3 Å². The van der Waals surface area contributed by atoms with E-state index in [2.05, 4.69) is 47.0 Å². The van der Waals surface area contributed by atoms with Crippen LogP contribution in [0, 0.1) is 32.1 Å². The molecule has 3 fully saturated rings. The van der Waals surface area contributed by atoms with E-state index in [0.717, 1.165) is 65.6 Å². The Morgan fingerprint density at radius 2 is 1.55 bits per heavy atom. The first-order valence-electron chi connectivity index (χ1n) is 30.1. The minimum Gasteiger partial charge on any atom is -0.428 e. The zero-order chi connectivity index (χ0) is 61.6. The summed E-state index contributed by atoms with van der Waals surface area (Å²) in [7, 11) is -2.36. The molecule has 5 atom stereocenters. The summed E-state index contributed by atoms with van der Waals surface area (Å²) in [6.45, 7) is 18.5. The van der Waals surface area contributed by atoms with E-state index in [1.807, 2.05) is 41.8 Å². The molecule has 0 bridgehead atoms. The highest BCUT2D eigenvalue weighted by Crippen LogP contribution is 2.45. The van der Waals surface area contributed by atoms with Crippen LogP contribution in [0.4, 0.5) is 5.69 Å². The Kier molecular flexibility index (Phi) is 23.9. The van der Waals surface area contributed by atoms with Crippen molar-refractivity contribution >= 4 is 68.1 Å². The molecule has 8 rings (SSSR count). The summed E-state index contributed by atoms with van der Waals surface area (Å²) in [5.74, 6) is -0.324. The summed E-state index contributed by atoms with van der Waals surface area (Å²) >= 11 is 7.91. The summed E-state index contributed by atoms with van der Waals surface area (Å²) in [6, 6.07) is 12.2. The number of unbranched alkanes of at least 4 members (excludes halogenated alkanes) is 1. The first-order chi connectivity index (χ1) is 41.2. The van der Waals surface area contributed by atoms with Crippen molar-refractivity contribution in [1.29, 1.82) is 0 Å². The van der Waals surface area contributed by atoms with Crippen molar-refractivity contribution in [1.82, 2.24) is 29.8 Å². The van der Waals surface area contributed by atoms with Gasteiger partial charge in [-0.3, -0.25) is 28.7 Å². The van der Waals surface area contributed by atoms with Crippen molar-refractivity contribution in [2.24, 2.45) is 16.3 Å². The predicted molar refractivity (Wildman–Crippen MR) is 326 cm³/mol. The lowest BCUT2D eigenvalue weighted by molar-refractivity contribution is -0.985. The lowest BCUT2D eigenvalue weighted by Crippen LogP contribution is -2.62. The smallest absolute Gasteiger partial charge is 0.314 e. The number of thiophene rings is 1. The average molecular weight is 1250 g/mol. The van der Waals surface area contributed by atoms with Gasteiger partial charge in [0.15, 0.2) is 5.82 Å². The maximum absolute atomic E-state index is 14.7. The number of methoxy groups -OCH3 is 1. The van der Waals surface area contributed by atoms with Gasteiger partial charge in [0.2, 0.25) is 28.6 Å². The Morgan fingerprint density at radius 1 is 0.860 bits per heavy atom. The molecule has 2 aromatic heterocycles. The Labute approximate surface area is 514 Å². The number of nitrogens with zero attached hydrogens (tertiary/aromatic N) is 6. The number of benzene rings is 2. The van der Waals surface area contributed by atoms with Gasteiger partial charge in [0.1, 0.15) is 22.9 Å². The SMILES string of the molecule is CCCC[N+]12CCC(c3ccc(NC(=O)CCOCCOCCOCCOCCNC(=O)C[C@@H]4N=C(c5ccc(Cl)cc5)c5c(sc(C)c5C)-n5c(C)nnc54)cc3S(=O)(=O)N3CCC(OC)CC3)CC1C(CC(=O)OCOC(=O)C(C)(C)C)CN2. The molecule has 0 radical (unpaired) electrons. The standard InChI is InChI=1S/C61H86ClN9O13S2/c1-9-10-24-71-25-19-44(34-51(71)45(38-64-71)35-55(74)83-39-84-60(75)61(5,6)7)49-16-15-47(36-52(49)86(76,77)69-22-17-48(78-8)18-23-69)65-53(72)20-26-79-28-30-81-32-33-82-31-29-80-27-21-63-54(73)37-50-58-68-67-42(4)70(58)59-56(40(2)41(3)85-59)57(66-50)43-11-13-46(62)14-12-43/h11-16,36,44-45,48,50-51,64H,9-10,17-35,37-39H2,1-8H3,(H-,63,65,72,73)/p+1/t44?,45?,50-,51?,71?/m0/s1. The highest BCUT2D eigenvalue weighted by atomic mass is 35.5. The number of quaternary nitrogens is 1. The van der Waals surface area contributed by atoms with Crippen LogP contribution in [0.3, 0.4) is 0 Å². The van der Waals surface area contributed by atoms with Crippen LogP contribution in [0.15, 0.2) is 52.4 Å². The molecule has 3 saturated heterocycles. The molecule has 472 valence electrons. The van der Waals surface area contributed by atoms with Gasteiger partial charge in [-0.15, -0.1) is 21.5 Å². The van der Waals surface area contributed by atoms with E-state index in [1.165, 1.54) is 9.18 Å². The van der Waals surface area contributed by atoms with Crippen LogP contribution in [0.2, 0.25) is 5.02 Å². The number of rotatable bonds is 30. The number of halogens is 1. The number of aryl methyl sites for hydroxylation is 2. The van der Waals surface area contributed by atoms with Gasteiger partial charge in [0, 0.05) is 72.2 Å². The Balaban J connectivity index is 0.745. The molecule has 4 aliphatic rings. The fraction of sp³-hybridized carbons (Fsp3) is 0.623. The number of aromatic nitrogens is 3. The van der Waals surface area contributed by atoms with Crippen LogP contribution in [0.5, 0.6) is 0 Å². The van der Waals surface area contributed by atoms with E-state index >= 15 is 0 Å². The average Bonchev–Trinajstić information content (AvgIpc) is 1.55. The largest absolute Gasteiger partial charge is 0.428 e. The third-order valence-corrected chi connectivity index (χ3v) is 20.0. The third-order valence-electron chi connectivity index (χ3n) is 16.6. The number of hydrogen-bond donors (Lipinski definition) is 3. The van der Waals surface area contributed by atoms with Crippen molar-refractivity contribution in [3.63, 3.8) is 0 Å². The van der Waals surface area contributed by atoms with Gasteiger partial charge in [-0.25, -0.2) is 13.0 Å². The number of sulfonamides is 1. The molecular formula is C61H87ClN9O13S2+. The van der Waals surface area contributed by atoms with Gasteiger partial charge in [-0.1, -0.05) is 43.1 Å². The molecule has 0 saturated carbocycles. The second-order valence-corrected chi connectivity index (χ2v) is 27.1. The predicted octanol–water partition coefficient (Wildman–Crippen LogP) is 7.68. The molecule has 2 amide bonds. The second kappa shape index (κ2) is 30.8. The van der Waals surface area contributed by atoms with Gasteiger partial charge >= 0.3 is 11.9 Å². The minimum atomic E-state index is -4.00. The Bertz CT molecular complexity index is 3110. The minimum absolute atomic E-state index is 0.00154. The summed E-state index contributed by atoms with van der Waals surface area (Å²) in [5, 5.41) is 16.3. The summed E-state index contributed by atoms with van der Waals surface area (Å²) < 4.78 is 72.5. The molecule has 22 nitrogen and oxygen atoms in total. The Morgan fingerprint density at radius 3 is 2.22 bits per heavy atom. The van der Waals surface area contributed by atoms with Crippen molar-refractivity contribution in [2.45, 2.75) is 135 Å². The van der Waals surface area contributed by atoms with Gasteiger partial charge in [0.25, 0.3) is 0 Å². The molecule has 4 aromatic rings. The summed E-state index contributed by atoms with van der Waals surface area (Å²) in [5.41, 5.74) is 7.89. The van der Waals surface area contributed by atoms with Crippen molar-refractivity contribution in [2.75, 3.05) is 111 Å². The highest BCUT2D eigenvalue weighted by molar-refractivity contribution is 7.89. The molecule has 4 aliphatic heterocycles. The molecule has 2 aromatic carbocycles. The third kappa shape index (κ3) is 16.9. The van der Waals surface area contributed by atoms with Crippen LogP contribution < -0.4 is 16.1 Å². The Hall–Kier alpha value is -5.25. The summed E-state index contributed by atoms with van der Waals surface area (Å²) in [6.07, 6.45) is 4.71. The fourth-order valence-corrected chi connectivity index (χ4v) is 14.8. The van der Waals surface area contributed by atoms with E-state index in [9.17, 15) is 27.6 Å². The molecule has 6 heterocycles. The number of fused-ring (bicyclic) bond motifs is 4. The lowest BCUT2D eigenvalue weighted by Gasteiger charge is -2.46. The monoisotopic (exact) mass is 1250 g/mol. The number of esters is 2. The van der Waals surface area contributed by atoms with E-state index in [1.54, 1.807) is 51.4 Å². The lowest BCUT2D eigenvalue weighted by atomic mass is 9.80. The van der Waals surface area contributed by atoms with E-state index in [4.69, 9.17) is 49.8 Å². The molecular weight excluding hydrogens is 1170 g/mol. The van der Waals surface area contributed by atoms with Gasteiger partial charge in [0.05, 0.1) is 114 Å². The van der Waals surface area contributed by atoms with E-state index in [-0.39, 0.29) is 73.2 Å². The first-order valence-corrected chi connectivity index (χ1v) is 32.7. The van der Waals surface area contributed by atoms with Crippen LogP contribution in [0.25, 0.3) is 5.00 Å². The second-order valence-electron chi connectivity index (χ2n) is 23.6. The maximum atomic E-state index is 14.7. The first kappa shape index (κ1) is 66.7. The molecule has 86 heavy (non-hydrogen) atoms. The number of aliphatic imine (C=N–C) groups is 1. The van der Waals surface area contributed by atoms with Gasteiger partial charge in [-0.05, 0) is 102 Å². The van der Waals surface area contributed by atoms with Crippen LogP contribution in [0.1, 0.15) is 136 Å². The molecule has 0 aliphatic carbocycles. The van der Waals surface area contributed by atoms with Crippen molar-refractivity contribution < 1.29 is 65.3 Å². The zero-order valence-corrected chi connectivity index (χ0v) is 53.5. The molecule has 25 heteroatoms. The molecule has 0 spiro atoms. The summed E-state index contributed by atoms with van der Waals surface area (Å²) in [4.78, 5) is 58.6. The van der Waals surface area contributed by atoms with Crippen LogP contribution >= 0.6 is 22.9 Å². The number of hydrogen-bond acceptors (Lipinski definition) is 18. The number of piperidine rings is 2.